The average molecular weight is 250 g/mol. The highest BCUT2D eigenvalue weighted by Gasteiger charge is 2.24. The van der Waals surface area contributed by atoms with Crippen molar-refractivity contribution < 1.29 is 9.53 Å². The number of hydrogen-bond donors (Lipinski definition) is 1. The first kappa shape index (κ1) is 14.2. The van der Waals surface area contributed by atoms with Crippen molar-refractivity contribution in [3.63, 3.8) is 0 Å². The quantitative estimate of drug-likeness (QED) is 0.658. The van der Waals surface area contributed by atoms with Crippen molar-refractivity contribution in [3.05, 3.63) is 35.9 Å². The van der Waals surface area contributed by atoms with Gasteiger partial charge in [-0.25, -0.2) is 0 Å². The highest BCUT2D eigenvalue weighted by molar-refractivity contribution is 6.22. The summed E-state index contributed by atoms with van der Waals surface area (Å²) in [4.78, 5) is 11.1. The van der Waals surface area contributed by atoms with Gasteiger partial charge in [-0.15, -0.1) is 24.0 Å². The van der Waals surface area contributed by atoms with Crippen LogP contribution in [-0.4, -0.2) is 19.1 Å². The molecule has 0 radical (unpaired) electrons. The number of nitrogens with two attached hydrogens (primary N) is 1. The van der Waals surface area contributed by atoms with Crippen molar-refractivity contribution in [2.45, 2.75) is 11.4 Å². The normalized spacial score (nSPS) is 13.5. The van der Waals surface area contributed by atoms with Gasteiger partial charge in [-0.3, -0.25) is 4.79 Å². The molecule has 2 N–H and O–H groups in total. The Hall–Kier alpha value is -0.770. The van der Waals surface area contributed by atoms with E-state index in [0.29, 0.717) is 0 Å². The van der Waals surface area contributed by atoms with E-state index in [4.69, 9.17) is 17.3 Å². The fourth-order valence-electron chi connectivity index (χ4n) is 1.10. The van der Waals surface area contributed by atoms with Crippen molar-refractivity contribution >= 4 is 30.0 Å². The van der Waals surface area contributed by atoms with Gasteiger partial charge in [0.25, 0.3) is 0 Å². The van der Waals surface area contributed by atoms with Crippen LogP contribution in [0.2, 0.25) is 0 Å². The highest BCUT2D eigenvalue weighted by Crippen LogP contribution is 2.23. The molecule has 0 aliphatic carbocycles. The van der Waals surface area contributed by atoms with Crippen molar-refractivity contribution in [3.8, 4) is 0 Å². The standard InChI is InChI=1S/C10H12ClNO2.ClH/c1-14-10(13)9(12)8(11)7-5-3-2-4-6-7;/h2-6,8-9H,12H2,1H3;1H/t8-,9-;/m1./s1. The van der Waals surface area contributed by atoms with E-state index < -0.39 is 17.4 Å². The predicted octanol–water partition coefficient (Wildman–Crippen LogP) is 1.89. The fourth-order valence-corrected chi connectivity index (χ4v) is 1.35. The van der Waals surface area contributed by atoms with Gasteiger partial charge in [0.15, 0.2) is 0 Å². The third-order valence-electron chi connectivity index (χ3n) is 1.91. The molecule has 1 aromatic carbocycles. The van der Waals surface area contributed by atoms with E-state index in [1.54, 1.807) is 0 Å². The van der Waals surface area contributed by atoms with E-state index in [-0.39, 0.29) is 12.4 Å². The molecule has 0 fully saturated rings. The minimum atomic E-state index is -0.830. The van der Waals surface area contributed by atoms with Gasteiger partial charge in [-0.1, -0.05) is 30.3 Å². The van der Waals surface area contributed by atoms with Crippen LogP contribution in [0.3, 0.4) is 0 Å². The number of alkyl halides is 1. The Kier molecular flexibility index (Phi) is 6.32. The summed E-state index contributed by atoms with van der Waals surface area (Å²) in [5.74, 6) is -0.506. The van der Waals surface area contributed by atoms with Crippen molar-refractivity contribution in [2.24, 2.45) is 5.73 Å². The topological polar surface area (TPSA) is 52.3 Å². The monoisotopic (exact) mass is 249 g/mol. The number of ether oxygens (including phenoxy) is 1. The highest BCUT2D eigenvalue weighted by atomic mass is 35.5. The smallest absolute Gasteiger partial charge is 0.324 e. The summed E-state index contributed by atoms with van der Waals surface area (Å²) >= 11 is 6.00. The van der Waals surface area contributed by atoms with Gasteiger partial charge >= 0.3 is 5.97 Å². The van der Waals surface area contributed by atoms with Crippen molar-refractivity contribution in [1.29, 1.82) is 0 Å². The molecule has 2 atom stereocenters. The number of rotatable bonds is 3. The van der Waals surface area contributed by atoms with Gasteiger partial charge in [0, 0.05) is 0 Å². The minimum Gasteiger partial charge on any atom is -0.468 e. The summed E-state index contributed by atoms with van der Waals surface area (Å²) in [7, 11) is 1.29. The number of methoxy groups -OCH3 is 1. The molecule has 3 nitrogen and oxygen atoms in total. The van der Waals surface area contributed by atoms with Crippen molar-refractivity contribution in [1.82, 2.24) is 0 Å². The zero-order valence-electron chi connectivity index (χ0n) is 8.22. The van der Waals surface area contributed by atoms with Gasteiger partial charge in [0.05, 0.1) is 12.5 Å². The third-order valence-corrected chi connectivity index (χ3v) is 2.43. The van der Waals surface area contributed by atoms with Crippen LogP contribution in [0.25, 0.3) is 0 Å². The summed E-state index contributed by atoms with van der Waals surface area (Å²) < 4.78 is 4.51. The van der Waals surface area contributed by atoms with Gasteiger partial charge in [0.1, 0.15) is 6.04 Å². The molecule has 0 heterocycles. The lowest BCUT2D eigenvalue weighted by molar-refractivity contribution is -0.142. The number of esters is 1. The molecule has 0 unspecified atom stereocenters. The maximum atomic E-state index is 11.1. The Bertz CT molecular complexity index is 306. The molecule has 0 aliphatic rings. The number of carbonyl (C=O) groups is 1. The van der Waals surface area contributed by atoms with E-state index in [0.717, 1.165) is 5.56 Å². The number of hydrogen-bond acceptors (Lipinski definition) is 3. The van der Waals surface area contributed by atoms with Crippen LogP contribution < -0.4 is 5.73 Å². The van der Waals surface area contributed by atoms with Crippen LogP contribution in [0.15, 0.2) is 30.3 Å². The Morgan fingerprint density at radius 1 is 1.40 bits per heavy atom. The Balaban J connectivity index is 0.00000196. The van der Waals surface area contributed by atoms with E-state index in [1.807, 2.05) is 30.3 Å². The lowest BCUT2D eigenvalue weighted by atomic mass is 10.1. The molecule has 0 saturated carbocycles. The SMILES string of the molecule is COC(=O)[C@H](N)[C@H](Cl)c1ccccc1.Cl. The van der Waals surface area contributed by atoms with E-state index >= 15 is 0 Å². The summed E-state index contributed by atoms with van der Waals surface area (Å²) in [6, 6.07) is 8.37. The summed E-state index contributed by atoms with van der Waals surface area (Å²) in [6.07, 6.45) is 0. The maximum absolute atomic E-state index is 11.1. The fraction of sp³-hybridized carbons (Fsp3) is 0.300. The molecule has 84 valence electrons. The van der Waals surface area contributed by atoms with E-state index in [9.17, 15) is 4.79 Å². The molecule has 1 rings (SSSR count). The lowest BCUT2D eigenvalue weighted by Gasteiger charge is -2.15. The van der Waals surface area contributed by atoms with Crippen LogP contribution in [0.4, 0.5) is 0 Å². The molecule has 0 spiro atoms. The second-order valence-electron chi connectivity index (χ2n) is 2.86. The second-order valence-corrected chi connectivity index (χ2v) is 3.33. The number of halogens is 2. The van der Waals surface area contributed by atoms with Crippen LogP contribution in [-0.2, 0) is 9.53 Å². The number of carbonyl (C=O) groups excluding carboxylic acids is 1. The minimum absolute atomic E-state index is 0. The zero-order chi connectivity index (χ0) is 10.6. The molecule has 0 amide bonds. The predicted molar refractivity (Wildman–Crippen MR) is 62.3 cm³/mol. The van der Waals surface area contributed by atoms with Gasteiger partial charge in [-0.2, -0.15) is 0 Å². The molecule has 0 aliphatic heterocycles. The van der Waals surface area contributed by atoms with E-state index in [2.05, 4.69) is 4.74 Å². The molecule has 0 bridgehead atoms. The van der Waals surface area contributed by atoms with Crippen LogP contribution in [0.5, 0.6) is 0 Å². The Morgan fingerprint density at radius 3 is 2.40 bits per heavy atom. The molecule has 1 aromatic rings. The first-order valence-corrected chi connectivity index (χ1v) is 4.63. The largest absolute Gasteiger partial charge is 0.468 e. The van der Waals surface area contributed by atoms with Crippen LogP contribution in [0.1, 0.15) is 10.9 Å². The average Bonchev–Trinajstić information content (AvgIpc) is 2.27. The Labute approximate surface area is 100.0 Å². The number of benzene rings is 1. The Morgan fingerprint density at radius 2 is 1.93 bits per heavy atom. The second kappa shape index (κ2) is 6.67. The maximum Gasteiger partial charge on any atom is 0.324 e. The van der Waals surface area contributed by atoms with Gasteiger partial charge < -0.3 is 10.5 Å². The summed E-state index contributed by atoms with van der Waals surface area (Å²) in [5.41, 5.74) is 6.41. The van der Waals surface area contributed by atoms with Crippen LogP contribution in [0, 0.1) is 0 Å². The molecule has 15 heavy (non-hydrogen) atoms. The molecule has 5 heteroatoms. The molecule has 0 aromatic heterocycles. The van der Waals surface area contributed by atoms with Gasteiger partial charge in [-0.05, 0) is 5.56 Å². The summed E-state index contributed by atoms with van der Waals surface area (Å²) in [5, 5.41) is -0.552. The summed E-state index contributed by atoms with van der Waals surface area (Å²) in [6.45, 7) is 0. The molecule has 0 saturated heterocycles. The lowest BCUT2D eigenvalue weighted by Crippen LogP contribution is -2.35. The zero-order valence-corrected chi connectivity index (χ0v) is 9.79. The van der Waals surface area contributed by atoms with Gasteiger partial charge in [0.2, 0.25) is 0 Å². The molecular weight excluding hydrogens is 237 g/mol. The van der Waals surface area contributed by atoms with Crippen molar-refractivity contribution in [2.75, 3.05) is 7.11 Å². The molecular formula is C10H13Cl2NO2. The van der Waals surface area contributed by atoms with E-state index in [1.165, 1.54) is 7.11 Å². The third kappa shape index (κ3) is 3.70. The first-order chi connectivity index (χ1) is 6.66. The van der Waals surface area contributed by atoms with Crippen LogP contribution >= 0.6 is 24.0 Å². The first-order valence-electron chi connectivity index (χ1n) is 4.19.